The number of benzene rings is 1. The molecule has 0 unspecified atom stereocenters. The second-order valence-corrected chi connectivity index (χ2v) is 6.73. The van der Waals surface area contributed by atoms with Crippen LogP contribution in [0.2, 0.25) is 0 Å². The highest BCUT2D eigenvalue weighted by Crippen LogP contribution is 2.34. The smallest absolute Gasteiger partial charge is 0.190 e. The molecule has 0 radical (unpaired) electrons. The van der Waals surface area contributed by atoms with E-state index in [1.165, 1.54) is 30.5 Å². The van der Waals surface area contributed by atoms with Crippen LogP contribution in [0.25, 0.3) is 0 Å². The van der Waals surface area contributed by atoms with Gasteiger partial charge in [0.15, 0.2) is 5.13 Å². The minimum atomic E-state index is 0.495. The van der Waals surface area contributed by atoms with Crippen LogP contribution in [-0.4, -0.2) is 17.6 Å². The maximum absolute atomic E-state index is 4.83. The van der Waals surface area contributed by atoms with Crippen molar-refractivity contribution in [3.05, 3.63) is 40.9 Å². The topological polar surface area (TPSA) is 28.2 Å². The monoisotopic (exact) mass is 301 g/mol. The highest BCUT2D eigenvalue weighted by Gasteiger charge is 2.18. The first-order valence-corrected chi connectivity index (χ1v) is 8.65. The Morgan fingerprint density at radius 2 is 2.14 bits per heavy atom. The van der Waals surface area contributed by atoms with E-state index in [0.717, 1.165) is 23.9 Å². The zero-order chi connectivity index (χ0) is 14.7. The summed E-state index contributed by atoms with van der Waals surface area (Å²) in [5.74, 6) is 0. The Kier molecular flexibility index (Phi) is 4.56. The number of anilines is 2. The van der Waals surface area contributed by atoms with Gasteiger partial charge in [0, 0.05) is 30.2 Å². The molecular weight excluding hydrogens is 278 g/mol. The predicted molar refractivity (Wildman–Crippen MR) is 90.5 cm³/mol. The molecule has 0 saturated heterocycles. The van der Waals surface area contributed by atoms with Crippen LogP contribution < -0.4 is 10.2 Å². The molecule has 0 saturated carbocycles. The number of hydrogen-bond donors (Lipinski definition) is 1. The Bertz CT molecular complexity index is 591. The summed E-state index contributed by atoms with van der Waals surface area (Å²) in [5.41, 5.74) is 3.94. The summed E-state index contributed by atoms with van der Waals surface area (Å²) in [7, 11) is 0. The predicted octanol–water partition coefficient (Wildman–Crippen LogP) is 4.12. The van der Waals surface area contributed by atoms with E-state index in [4.69, 9.17) is 4.98 Å². The van der Waals surface area contributed by atoms with Gasteiger partial charge in [-0.15, -0.1) is 11.3 Å². The zero-order valence-electron chi connectivity index (χ0n) is 12.8. The van der Waals surface area contributed by atoms with E-state index >= 15 is 0 Å². The number of nitrogens with one attached hydrogen (secondary N) is 1. The molecule has 0 atom stereocenters. The molecule has 1 N–H and O–H groups in total. The average molecular weight is 301 g/mol. The fourth-order valence-corrected chi connectivity index (χ4v) is 3.56. The van der Waals surface area contributed by atoms with Gasteiger partial charge in [0.1, 0.15) is 0 Å². The number of aromatic nitrogens is 1. The Morgan fingerprint density at radius 1 is 1.29 bits per heavy atom. The lowest BCUT2D eigenvalue weighted by molar-refractivity contribution is 0.583. The zero-order valence-corrected chi connectivity index (χ0v) is 13.6. The van der Waals surface area contributed by atoms with Crippen LogP contribution in [0.1, 0.15) is 37.9 Å². The molecule has 3 rings (SSSR count). The normalized spacial score (nSPS) is 15.1. The van der Waals surface area contributed by atoms with Crippen LogP contribution in [0, 0.1) is 0 Å². The average Bonchev–Trinajstić information content (AvgIpc) is 2.84. The third-order valence-corrected chi connectivity index (χ3v) is 4.73. The molecule has 3 nitrogen and oxygen atoms in total. The standard InChI is InChI=1S/C17H23N3S/c1-13(2)18-11-15-12-21-17(19-15)20-10-6-5-8-14-7-3-4-9-16(14)20/h3-4,7,9,12-13,18H,5-6,8,10-11H2,1-2H3. The number of nitrogens with zero attached hydrogens (tertiary/aromatic N) is 2. The molecule has 0 spiro atoms. The first-order valence-electron chi connectivity index (χ1n) is 7.77. The number of rotatable bonds is 4. The van der Waals surface area contributed by atoms with E-state index in [9.17, 15) is 0 Å². The lowest BCUT2D eigenvalue weighted by atomic mass is 10.1. The van der Waals surface area contributed by atoms with Crippen LogP contribution in [0.3, 0.4) is 0 Å². The maximum atomic E-state index is 4.83. The Balaban J connectivity index is 1.83. The minimum Gasteiger partial charge on any atom is -0.318 e. The van der Waals surface area contributed by atoms with Gasteiger partial charge in [0.2, 0.25) is 0 Å². The van der Waals surface area contributed by atoms with Gasteiger partial charge in [0.05, 0.1) is 5.69 Å². The molecule has 112 valence electrons. The highest BCUT2D eigenvalue weighted by atomic mass is 32.1. The summed E-state index contributed by atoms with van der Waals surface area (Å²) in [6.07, 6.45) is 3.67. The van der Waals surface area contributed by atoms with Crippen molar-refractivity contribution >= 4 is 22.2 Å². The van der Waals surface area contributed by atoms with Crippen LogP contribution >= 0.6 is 11.3 Å². The van der Waals surface area contributed by atoms with Crippen molar-refractivity contribution in [1.29, 1.82) is 0 Å². The summed E-state index contributed by atoms with van der Waals surface area (Å²) in [5, 5.41) is 6.74. The molecule has 4 heteroatoms. The van der Waals surface area contributed by atoms with Gasteiger partial charge in [-0.3, -0.25) is 0 Å². The maximum Gasteiger partial charge on any atom is 0.190 e. The third-order valence-electron chi connectivity index (χ3n) is 3.82. The SMILES string of the molecule is CC(C)NCc1csc(N2CCCCc3ccccc32)n1. The molecule has 1 aromatic heterocycles. The van der Waals surface area contributed by atoms with E-state index in [1.807, 2.05) is 0 Å². The Labute approximate surface area is 131 Å². The molecule has 1 aromatic carbocycles. The Hall–Kier alpha value is -1.39. The first-order chi connectivity index (χ1) is 10.2. The fourth-order valence-electron chi connectivity index (χ4n) is 2.70. The number of thiazole rings is 1. The number of hydrogen-bond acceptors (Lipinski definition) is 4. The first kappa shape index (κ1) is 14.5. The summed E-state index contributed by atoms with van der Waals surface area (Å²) in [6.45, 7) is 6.25. The number of para-hydroxylation sites is 1. The molecule has 1 aliphatic rings. The highest BCUT2D eigenvalue weighted by molar-refractivity contribution is 7.13. The van der Waals surface area contributed by atoms with Gasteiger partial charge >= 0.3 is 0 Å². The van der Waals surface area contributed by atoms with Gasteiger partial charge in [-0.05, 0) is 30.9 Å². The van der Waals surface area contributed by atoms with Gasteiger partial charge in [-0.1, -0.05) is 32.0 Å². The van der Waals surface area contributed by atoms with Gasteiger partial charge in [0.25, 0.3) is 0 Å². The number of aryl methyl sites for hydroxylation is 1. The molecular formula is C17H23N3S. The van der Waals surface area contributed by atoms with Gasteiger partial charge in [-0.2, -0.15) is 0 Å². The van der Waals surface area contributed by atoms with E-state index < -0.39 is 0 Å². The quantitative estimate of drug-likeness (QED) is 0.921. The molecule has 0 aliphatic carbocycles. The number of fused-ring (bicyclic) bond motifs is 1. The van der Waals surface area contributed by atoms with E-state index in [-0.39, 0.29) is 0 Å². The van der Waals surface area contributed by atoms with Crippen LogP contribution in [0.5, 0.6) is 0 Å². The van der Waals surface area contributed by atoms with Crippen molar-refractivity contribution in [3.8, 4) is 0 Å². The summed E-state index contributed by atoms with van der Waals surface area (Å²) in [6, 6.07) is 9.25. The van der Waals surface area contributed by atoms with Crippen molar-refractivity contribution in [2.75, 3.05) is 11.4 Å². The van der Waals surface area contributed by atoms with Gasteiger partial charge < -0.3 is 10.2 Å². The lowest BCUT2D eigenvalue weighted by Crippen LogP contribution is -2.22. The minimum absolute atomic E-state index is 0.495. The molecule has 2 heterocycles. The Morgan fingerprint density at radius 3 is 3.00 bits per heavy atom. The van der Waals surface area contributed by atoms with Crippen molar-refractivity contribution in [1.82, 2.24) is 10.3 Å². The van der Waals surface area contributed by atoms with Crippen molar-refractivity contribution in [2.45, 2.75) is 45.7 Å². The summed E-state index contributed by atoms with van der Waals surface area (Å²) < 4.78 is 0. The third kappa shape index (κ3) is 3.44. The molecule has 0 amide bonds. The van der Waals surface area contributed by atoms with Crippen LogP contribution in [0.4, 0.5) is 10.8 Å². The molecule has 1 aliphatic heterocycles. The molecule has 0 fully saturated rings. The van der Waals surface area contributed by atoms with E-state index in [1.54, 1.807) is 11.3 Å². The second-order valence-electron chi connectivity index (χ2n) is 5.89. The second kappa shape index (κ2) is 6.58. The van der Waals surface area contributed by atoms with Gasteiger partial charge in [-0.25, -0.2) is 4.98 Å². The van der Waals surface area contributed by atoms with Crippen molar-refractivity contribution < 1.29 is 0 Å². The van der Waals surface area contributed by atoms with E-state index in [2.05, 4.69) is 53.7 Å². The summed E-state index contributed by atoms with van der Waals surface area (Å²) in [4.78, 5) is 7.22. The summed E-state index contributed by atoms with van der Waals surface area (Å²) >= 11 is 1.76. The van der Waals surface area contributed by atoms with Crippen LogP contribution in [-0.2, 0) is 13.0 Å². The molecule has 0 bridgehead atoms. The fraction of sp³-hybridized carbons (Fsp3) is 0.471. The van der Waals surface area contributed by atoms with Crippen molar-refractivity contribution in [3.63, 3.8) is 0 Å². The largest absolute Gasteiger partial charge is 0.318 e. The van der Waals surface area contributed by atoms with E-state index in [0.29, 0.717) is 6.04 Å². The van der Waals surface area contributed by atoms with Crippen molar-refractivity contribution in [2.24, 2.45) is 0 Å². The molecule has 21 heavy (non-hydrogen) atoms. The molecule has 2 aromatic rings. The van der Waals surface area contributed by atoms with Crippen LogP contribution in [0.15, 0.2) is 29.6 Å². The lowest BCUT2D eigenvalue weighted by Gasteiger charge is -2.21.